The van der Waals surface area contributed by atoms with Crippen molar-refractivity contribution in [1.82, 2.24) is 25.3 Å². The molecule has 54 heavy (non-hydrogen) atoms. The van der Waals surface area contributed by atoms with Crippen LogP contribution in [-0.4, -0.2) is 73.5 Å². The van der Waals surface area contributed by atoms with Crippen LogP contribution in [0.4, 0.5) is 10.8 Å². The fourth-order valence-electron chi connectivity index (χ4n) is 6.79. The van der Waals surface area contributed by atoms with Crippen LogP contribution in [0, 0.1) is 5.92 Å². The van der Waals surface area contributed by atoms with Crippen LogP contribution >= 0.6 is 11.3 Å². The van der Waals surface area contributed by atoms with Crippen molar-refractivity contribution in [2.75, 3.05) is 24.3 Å². The number of para-hydroxylation sites is 1. The normalized spacial score (nSPS) is 24.0. The zero-order valence-corrected chi connectivity index (χ0v) is 31.8. The average Bonchev–Trinajstić information content (AvgIpc) is 3.40. The first-order valence-electron chi connectivity index (χ1n) is 18.0. The van der Waals surface area contributed by atoms with Gasteiger partial charge in [-0.05, 0) is 63.8 Å². The molecular formula is C38H43N7O7S2. The Morgan fingerprint density at radius 3 is 2.72 bits per heavy atom. The first-order chi connectivity index (χ1) is 25.9. The summed E-state index contributed by atoms with van der Waals surface area (Å²) < 4.78 is 41.3. The highest BCUT2D eigenvalue weighted by atomic mass is 32.2. The Morgan fingerprint density at radius 1 is 1.07 bits per heavy atom. The Bertz CT molecular complexity index is 2220. The molecular weight excluding hydrogens is 731 g/mol. The molecule has 3 aliphatic rings. The summed E-state index contributed by atoms with van der Waals surface area (Å²) in [5.74, 6) is -0.783. The molecule has 2 aromatic heterocycles. The van der Waals surface area contributed by atoms with E-state index in [-0.39, 0.29) is 35.4 Å². The zero-order valence-electron chi connectivity index (χ0n) is 30.2. The third-order valence-corrected chi connectivity index (χ3v) is 11.9. The lowest BCUT2D eigenvalue weighted by molar-refractivity contribution is -0.130. The SMILES string of the molecule is COc1ccc2c(O[C@H]3CN[C@H](C(=O)N[C@]45C[C@H]4C=CCCCCC(=O)Nc4ccccc4S(=O)(=O)NC5=O)C3)cc(-c3csc(NC(C)C)n3)nc2c1. The Morgan fingerprint density at radius 2 is 1.91 bits per heavy atom. The molecule has 1 saturated carbocycles. The van der Waals surface area contributed by atoms with Crippen molar-refractivity contribution >= 4 is 60.8 Å². The van der Waals surface area contributed by atoms with Gasteiger partial charge in [0.1, 0.15) is 33.7 Å². The van der Waals surface area contributed by atoms with Crippen LogP contribution in [0.2, 0.25) is 0 Å². The van der Waals surface area contributed by atoms with Crippen LogP contribution in [0.15, 0.2) is 71.0 Å². The molecule has 5 N–H and O–H groups in total. The highest BCUT2D eigenvalue weighted by Crippen LogP contribution is 2.46. The Balaban J connectivity index is 1.09. The number of ether oxygens (including phenoxy) is 2. The van der Waals surface area contributed by atoms with E-state index >= 15 is 0 Å². The summed E-state index contributed by atoms with van der Waals surface area (Å²) >= 11 is 1.49. The van der Waals surface area contributed by atoms with Gasteiger partial charge in [0.15, 0.2) is 5.13 Å². The molecule has 4 atom stereocenters. The number of methoxy groups -OCH3 is 1. The first-order valence-corrected chi connectivity index (χ1v) is 20.4. The summed E-state index contributed by atoms with van der Waals surface area (Å²) in [6.07, 6.45) is 6.13. The third kappa shape index (κ3) is 8.05. The van der Waals surface area contributed by atoms with E-state index in [4.69, 9.17) is 19.4 Å². The van der Waals surface area contributed by atoms with E-state index in [0.29, 0.717) is 54.2 Å². The number of nitrogens with one attached hydrogen (secondary N) is 5. The molecule has 1 saturated heterocycles. The monoisotopic (exact) mass is 773 g/mol. The van der Waals surface area contributed by atoms with Gasteiger partial charge in [-0.3, -0.25) is 14.4 Å². The summed E-state index contributed by atoms with van der Waals surface area (Å²) in [7, 11) is -2.82. The number of fused-ring (bicyclic) bond motifs is 3. The van der Waals surface area contributed by atoms with Crippen molar-refractivity contribution < 1.29 is 32.3 Å². The number of hydrogen-bond donors (Lipinski definition) is 5. The largest absolute Gasteiger partial charge is 0.497 e. The number of amides is 3. The van der Waals surface area contributed by atoms with Gasteiger partial charge in [0.05, 0.1) is 30.0 Å². The number of benzene rings is 2. The predicted octanol–water partition coefficient (Wildman–Crippen LogP) is 4.75. The number of hydrogen-bond acceptors (Lipinski definition) is 12. The van der Waals surface area contributed by atoms with Crippen molar-refractivity contribution in [2.45, 2.75) is 81.0 Å². The standard InChI is InChI=1S/C38H43N7O7S2/c1-22(2)40-37-43-31(21-53-37)29-18-32(26-15-14-24(51-3)16-28(26)41-29)52-25-17-30(39-20-25)35(47)44-38-19-23(38)10-6-4-5-7-13-34(46)42-27-11-8-9-12-33(27)54(49,50)45-36(38)48/h6,8-12,14-16,18,21-23,25,30,39H,4-5,7,13,17,19-20H2,1-3H3,(H,40,43)(H,42,46)(H,44,47)(H,45,48)/t23-,25-,30+,38-/m1/s1. The van der Waals surface area contributed by atoms with Gasteiger partial charge in [-0.25, -0.2) is 23.1 Å². The van der Waals surface area contributed by atoms with Crippen molar-refractivity contribution in [3.8, 4) is 22.9 Å². The molecule has 284 valence electrons. The molecule has 14 nitrogen and oxygen atoms in total. The molecule has 0 radical (unpaired) electrons. The summed E-state index contributed by atoms with van der Waals surface area (Å²) in [6.45, 7) is 4.44. The molecule has 0 bridgehead atoms. The van der Waals surface area contributed by atoms with Gasteiger partial charge in [-0.1, -0.05) is 24.3 Å². The van der Waals surface area contributed by atoms with Crippen molar-refractivity contribution in [3.05, 3.63) is 66.1 Å². The minimum Gasteiger partial charge on any atom is -0.497 e. The predicted molar refractivity (Wildman–Crippen MR) is 206 cm³/mol. The summed E-state index contributed by atoms with van der Waals surface area (Å²) in [5.41, 5.74) is 0.595. The number of thiazole rings is 1. The van der Waals surface area contributed by atoms with Gasteiger partial charge in [0, 0.05) is 54.2 Å². The second-order valence-corrected chi connectivity index (χ2v) is 16.6. The molecule has 4 aromatic rings. The van der Waals surface area contributed by atoms with Gasteiger partial charge in [-0.15, -0.1) is 11.3 Å². The fraction of sp³-hybridized carbons (Fsp3) is 0.395. The lowest BCUT2D eigenvalue weighted by atomic mass is 10.1. The first kappa shape index (κ1) is 37.3. The lowest BCUT2D eigenvalue weighted by Gasteiger charge is -2.21. The van der Waals surface area contributed by atoms with Crippen molar-refractivity contribution in [1.29, 1.82) is 0 Å². The van der Waals surface area contributed by atoms with Gasteiger partial charge >= 0.3 is 0 Å². The number of aromatic nitrogens is 2. The Kier molecular flexibility index (Phi) is 10.6. The van der Waals surface area contributed by atoms with Gasteiger partial charge in [-0.2, -0.15) is 0 Å². The van der Waals surface area contributed by atoms with E-state index in [1.807, 2.05) is 55.6 Å². The smallest absolute Gasteiger partial charge is 0.266 e. The van der Waals surface area contributed by atoms with Crippen LogP contribution in [0.25, 0.3) is 22.3 Å². The second-order valence-electron chi connectivity index (χ2n) is 14.1. The molecule has 4 heterocycles. The number of sulfonamides is 1. The number of pyridine rings is 1. The van der Waals surface area contributed by atoms with Gasteiger partial charge in [0.2, 0.25) is 11.8 Å². The fourth-order valence-corrected chi connectivity index (χ4v) is 8.84. The van der Waals surface area contributed by atoms with Crippen LogP contribution in [0.1, 0.15) is 52.4 Å². The number of anilines is 2. The van der Waals surface area contributed by atoms with Crippen molar-refractivity contribution in [3.63, 3.8) is 0 Å². The van der Waals surface area contributed by atoms with Crippen LogP contribution in [0.3, 0.4) is 0 Å². The summed E-state index contributed by atoms with van der Waals surface area (Å²) in [5, 5.41) is 15.6. The molecule has 0 spiro atoms. The maximum atomic E-state index is 13.8. The molecule has 1 aliphatic carbocycles. The van der Waals surface area contributed by atoms with Gasteiger partial charge < -0.3 is 30.7 Å². The molecule has 7 rings (SSSR count). The van der Waals surface area contributed by atoms with Crippen LogP contribution in [0.5, 0.6) is 11.5 Å². The summed E-state index contributed by atoms with van der Waals surface area (Å²) in [6, 6.07) is 12.8. The number of carbonyl (C=O) groups excluding carboxylic acids is 3. The second kappa shape index (κ2) is 15.4. The van der Waals surface area contributed by atoms with Crippen molar-refractivity contribution in [2.24, 2.45) is 5.92 Å². The van der Waals surface area contributed by atoms with E-state index in [9.17, 15) is 22.8 Å². The van der Waals surface area contributed by atoms with E-state index in [0.717, 1.165) is 16.9 Å². The minimum absolute atomic E-state index is 0.0788. The Labute approximate surface area is 317 Å². The maximum Gasteiger partial charge on any atom is 0.266 e. The highest BCUT2D eigenvalue weighted by molar-refractivity contribution is 7.90. The minimum atomic E-state index is -4.41. The Hall–Kier alpha value is -5.06. The quantitative estimate of drug-likeness (QED) is 0.156. The molecule has 0 unspecified atom stereocenters. The molecule has 2 aliphatic heterocycles. The van der Waals surface area contributed by atoms with Crippen LogP contribution < -0.4 is 35.5 Å². The lowest BCUT2D eigenvalue weighted by Crippen LogP contribution is -2.55. The molecule has 2 aromatic carbocycles. The zero-order chi connectivity index (χ0) is 38.0. The van der Waals surface area contributed by atoms with Crippen LogP contribution in [-0.2, 0) is 24.4 Å². The maximum absolute atomic E-state index is 13.8. The number of allylic oxidation sites excluding steroid dienone is 1. The van der Waals surface area contributed by atoms with E-state index in [1.54, 1.807) is 13.2 Å². The number of rotatable bonds is 8. The highest BCUT2D eigenvalue weighted by Gasteiger charge is 2.61. The molecule has 16 heteroatoms. The molecule has 2 fully saturated rings. The number of nitrogens with zero attached hydrogens (tertiary/aromatic N) is 2. The van der Waals surface area contributed by atoms with E-state index in [1.165, 1.54) is 29.5 Å². The van der Waals surface area contributed by atoms with E-state index < -0.39 is 45.4 Å². The molecule has 3 amide bonds. The third-order valence-electron chi connectivity index (χ3n) is 9.70. The van der Waals surface area contributed by atoms with Gasteiger partial charge in [0.25, 0.3) is 15.9 Å². The average molecular weight is 774 g/mol. The van der Waals surface area contributed by atoms with E-state index in [2.05, 4.69) is 26.0 Å². The summed E-state index contributed by atoms with van der Waals surface area (Å²) in [4.78, 5) is 49.6. The number of carbonyl (C=O) groups is 3. The topological polar surface area (TPSA) is 190 Å².